The highest BCUT2D eigenvalue weighted by molar-refractivity contribution is 7.72. The van der Waals surface area contributed by atoms with Gasteiger partial charge in [0, 0.05) is 47.5 Å². The van der Waals surface area contributed by atoms with Crippen LogP contribution in [0.4, 0.5) is 5.69 Å². The van der Waals surface area contributed by atoms with Crippen LogP contribution in [0.25, 0.3) is 10.4 Å². The molecular weight excluding hydrogens is 547 g/mol. The van der Waals surface area contributed by atoms with Gasteiger partial charge in [0.2, 0.25) is 0 Å². The number of aromatic carboxylic acids is 1. The molecule has 39 heavy (non-hydrogen) atoms. The van der Waals surface area contributed by atoms with Gasteiger partial charge in [-0.2, -0.15) is 0 Å². The van der Waals surface area contributed by atoms with Crippen LogP contribution >= 0.6 is 30.0 Å². The molecule has 1 saturated heterocycles. The normalized spacial score (nSPS) is 15.2. The van der Waals surface area contributed by atoms with E-state index < -0.39 is 13.3 Å². The van der Waals surface area contributed by atoms with Crippen molar-refractivity contribution in [2.24, 2.45) is 5.92 Å². The average Bonchev–Trinajstić information content (AvgIpc) is 3.62. The molecule has 2 aromatic heterocycles. The van der Waals surface area contributed by atoms with Crippen molar-refractivity contribution in [1.29, 1.82) is 0 Å². The standard InChI is InChI=1S/C30H29N2O4PS2/c1-21-3-11-26(12-4-21)37(2,35)32(18-23-13-15-36-16-14-23)27-17-28(39-29(27)30(33)34)24-8-5-22(6-9-24)7-10-25-19-38-20-31-25/h3-6,8-9,11-12,17,19-20,23H,13-16,18H2,1-2H3,(H,33,34). The molecule has 0 spiro atoms. The molecule has 1 atom stereocenters. The SMILES string of the molecule is Cc1ccc(P(C)(=O)N(CC2CCOCC2)c2cc(-c3ccc(C#Cc4cscn4)cc3)sc2C(=O)O)cc1. The van der Waals surface area contributed by atoms with Crippen molar-refractivity contribution >= 4 is 46.9 Å². The molecule has 4 aromatic rings. The molecule has 1 unspecified atom stereocenters. The number of nitrogens with zero attached hydrogens (tertiary/aromatic N) is 2. The predicted octanol–water partition coefficient (Wildman–Crippen LogP) is 6.74. The van der Waals surface area contributed by atoms with Crippen molar-refractivity contribution in [1.82, 2.24) is 4.98 Å². The molecule has 200 valence electrons. The molecule has 3 heterocycles. The Morgan fingerprint density at radius 3 is 2.49 bits per heavy atom. The summed E-state index contributed by atoms with van der Waals surface area (Å²) in [6.07, 6.45) is 1.71. The zero-order valence-corrected chi connectivity index (χ0v) is 24.3. The summed E-state index contributed by atoms with van der Waals surface area (Å²) < 4.78 is 21.9. The maximum atomic E-state index is 14.5. The summed E-state index contributed by atoms with van der Waals surface area (Å²) in [5.74, 6) is 5.40. The molecule has 6 nitrogen and oxygen atoms in total. The number of rotatable bonds is 7. The van der Waals surface area contributed by atoms with Gasteiger partial charge >= 0.3 is 5.97 Å². The van der Waals surface area contributed by atoms with Crippen LogP contribution in [-0.2, 0) is 9.30 Å². The van der Waals surface area contributed by atoms with Crippen molar-refractivity contribution in [3.63, 3.8) is 0 Å². The first-order valence-corrected chi connectivity index (χ1v) is 16.6. The molecule has 0 saturated carbocycles. The zero-order valence-electron chi connectivity index (χ0n) is 21.8. The van der Waals surface area contributed by atoms with Crippen molar-refractivity contribution in [3.8, 4) is 22.3 Å². The molecule has 0 bridgehead atoms. The van der Waals surface area contributed by atoms with Crippen LogP contribution < -0.4 is 9.97 Å². The maximum absolute atomic E-state index is 14.5. The fourth-order valence-corrected chi connectivity index (χ4v) is 8.24. The second kappa shape index (κ2) is 11.9. The second-order valence-electron chi connectivity index (χ2n) is 9.68. The summed E-state index contributed by atoms with van der Waals surface area (Å²) in [6.45, 7) is 5.57. The quantitative estimate of drug-likeness (QED) is 0.194. The van der Waals surface area contributed by atoms with E-state index in [0.29, 0.717) is 30.8 Å². The topological polar surface area (TPSA) is 79.7 Å². The van der Waals surface area contributed by atoms with E-state index in [9.17, 15) is 14.5 Å². The van der Waals surface area contributed by atoms with Crippen LogP contribution in [-0.4, -0.2) is 42.5 Å². The Morgan fingerprint density at radius 2 is 1.85 bits per heavy atom. The predicted molar refractivity (Wildman–Crippen MR) is 160 cm³/mol. The number of hydrogen-bond donors (Lipinski definition) is 1. The van der Waals surface area contributed by atoms with Crippen LogP contribution in [0.5, 0.6) is 0 Å². The molecule has 1 aliphatic rings. The molecule has 0 radical (unpaired) electrons. The lowest BCUT2D eigenvalue weighted by atomic mass is 10.0. The third kappa shape index (κ3) is 6.34. The lowest BCUT2D eigenvalue weighted by Crippen LogP contribution is -2.33. The van der Waals surface area contributed by atoms with E-state index >= 15 is 0 Å². The van der Waals surface area contributed by atoms with E-state index in [1.165, 1.54) is 22.7 Å². The Labute approximate surface area is 236 Å². The number of thiophene rings is 1. The first kappa shape index (κ1) is 27.4. The van der Waals surface area contributed by atoms with Gasteiger partial charge in [-0.05, 0) is 67.5 Å². The van der Waals surface area contributed by atoms with E-state index in [2.05, 4.69) is 16.8 Å². The smallest absolute Gasteiger partial charge is 0.348 e. The molecular formula is C30H29N2O4PS2. The van der Waals surface area contributed by atoms with Crippen LogP contribution in [0.1, 0.15) is 39.3 Å². The monoisotopic (exact) mass is 576 g/mol. The minimum absolute atomic E-state index is 0.193. The van der Waals surface area contributed by atoms with E-state index in [1.807, 2.05) is 71.6 Å². The number of aryl methyl sites for hydroxylation is 1. The van der Waals surface area contributed by atoms with Crippen molar-refractivity contribution in [2.45, 2.75) is 19.8 Å². The van der Waals surface area contributed by atoms with Gasteiger partial charge in [-0.1, -0.05) is 35.7 Å². The average molecular weight is 577 g/mol. The fourth-order valence-electron chi connectivity index (χ4n) is 4.59. The summed E-state index contributed by atoms with van der Waals surface area (Å²) in [6, 6.07) is 17.3. The van der Waals surface area contributed by atoms with E-state index in [0.717, 1.165) is 40.1 Å². The number of thiazole rings is 1. The highest BCUT2D eigenvalue weighted by atomic mass is 32.1. The largest absolute Gasteiger partial charge is 0.477 e. The van der Waals surface area contributed by atoms with Crippen LogP contribution in [0.3, 0.4) is 0 Å². The van der Waals surface area contributed by atoms with Gasteiger partial charge in [0.15, 0.2) is 7.29 Å². The van der Waals surface area contributed by atoms with Crippen LogP contribution in [0, 0.1) is 24.7 Å². The number of carbonyl (C=O) groups is 1. The Bertz CT molecular complexity index is 1550. The number of anilines is 1. The molecule has 0 aliphatic carbocycles. The first-order chi connectivity index (χ1) is 18.8. The van der Waals surface area contributed by atoms with Gasteiger partial charge in [0.25, 0.3) is 0 Å². The number of carboxylic acid groups (broad SMARTS) is 1. The highest BCUT2D eigenvalue weighted by Gasteiger charge is 2.34. The molecule has 5 rings (SSSR count). The van der Waals surface area contributed by atoms with Crippen molar-refractivity contribution in [3.05, 3.63) is 87.2 Å². The van der Waals surface area contributed by atoms with Crippen molar-refractivity contribution in [2.75, 3.05) is 31.1 Å². The summed E-state index contributed by atoms with van der Waals surface area (Å²) in [7, 11) is -3.14. The van der Waals surface area contributed by atoms with Crippen LogP contribution in [0.2, 0.25) is 0 Å². The molecule has 0 amide bonds. The first-order valence-electron chi connectivity index (χ1n) is 12.7. The van der Waals surface area contributed by atoms with E-state index in [1.54, 1.807) is 12.2 Å². The van der Waals surface area contributed by atoms with E-state index in [-0.39, 0.29) is 10.8 Å². The van der Waals surface area contributed by atoms with Gasteiger partial charge in [-0.15, -0.1) is 22.7 Å². The second-order valence-corrected chi connectivity index (χ2v) is 14.2. The number of ether oxygens (including phenoxy) is 1. The molecule has 1 aliphatic heterocycles. The summed E-state index contributed by atoms with van der Waals surface area (Å²) in [5, 5.41) is 12.8. The van der Waals surface area contributed by atoms with Gasteiger partial charge in [0.1, 0.15) is 10.6 Å². The van der Waals surface area contributed by atoms with Crippen LogP contribution in [0.15, 0.2) is 65.5 Å². The Hall–Kier alpha value is -3.21. The van der Waals surface area contributed by atoms with E-state index in [4.69, 9.17) is 4.74 Å². The van der Waals surface area contributed by atoms with Crippen molar-refractivity contribution < 1.29 is 19.2 Å². The third-order valence-electron chi connectivity index (χ3n) is 6.87. The Morgan fingerprint density at radius 1 is 1.13 bits per heavy atom. The summed E-state index contributed by atoms with van der Waals surface area (Å²) in [4.78, 5) is 17.7. The summed E-state index contributed by atoms with van der Waals surface area (Å²) >= 11 is 2.71. The lowest BCUT2D eigenvalue weighted by molar-refractivity contribution is 0.0685. The lowest BCUT2D eigenvalue weighted by Gasteiger charge is -2.35. The zero-order chi connectivity index (χ0) is 27.4. The molecule has 2 aromatic carbocycles. The molecule has 1 fully saturated rings. The number of carboxylic acids is 1. The number of benzene rings is 2. The van der Waals surface area contributed by atoms with Gasteiger partial charge in [0.05, 0.1) is 11.2 Å². The van der Waals surface area contributed by atoms with Gasteiger partial charge in [-0.3, -0.25) is 4.57 Å². The Kier molecular flexibility index (Phi) is 8.34. The fraction of sp³-hybridized carbons (Fsp3) is 0.267. The number of aromatic nitrogens is 1. The molecule has 9 heteroatoms. The van der Waals surface area contributed by atoms with Gasteiger partial charge < -0.3 is 14.5 Å². The minimum Gasteiger partial charge on any atom is -0.477 e. The molecule has 1 N–H and O–H groups in total. The third-order valence-corrected chi connectivity index (χ3v) is 11.2. The maximum Gasteiger partial charge on any atom is 0.348 e. The Balaban J connectivity index is 1.52. The van der Waals surface area contributed by atoms with Gasteiger partial charge in [-0.25, -0.2) is 9.78 Å². The summed E-state index contributed by atoms with van der Waals surface area (Å²) in [5.41, 5.74) is 5.81. The highest BCUT2D eigenvalue weighted by Crippen LogP contribution is 2.52. The minimum atomic E-state index is -3.14. The number of hydrogen-bond acceptors (Lipinski definition) is 6.